The van der Waals surface area contributed by atoms with Crippen LogP contribution in [-0.2, 0) is 61.6 Å². The van der Waals surface area contributed by atoms with Gasteiger partial charge in [-0.1, -0.05) is 90.4 Å². The fraction of sp³-hybridized carbons (Fsp3) is 1.00. The molecule has 14 nitrogen and oxygen atoms in total. The van der Waals surface area contributed by atoms with Crippen molar-refractivity contribution < 1.29 is 61.6 Å². The van der Waals surface area contributed by atoms with Gasteiger partial charge in [0.2, 0.25) is 0 Å². The van der Waals surface area contributed by atoms with Crippen LogP contribution >= 0.6 is 0 Å². The van der Waals surface area contributed by atoms with Crippen molar-refractivity contribution in [3.8, 4) is 0 Å². The van der Waals surface area contributed by atoms with Crippen molar-refractivity contribution in [1.29, 1.82) is 0 Å². The molecule has 0 fully saturated rings. The van der Waals surface area contributed by atoms with E-state index in [4.69, 9.17) is 61.6 Å². The molecule has 0 spiro atoms. The Kier molecular flexibility index (Phi) is 53.9. The number of nitrogens with zero attached hydrogens (tertiary/aromatic N) is 1. The van der Waals surface area contributed by atoms with Gasteiger partial charge in [-0.2, -0.15) is 0 Å². The minimum absolute atomic E-state index is 0.515. The first-order valence-electron chi connectivity index (χ1n) is 22.9. The molecule has 0 aliphatic carbocycles. The number of rotatable bonds is 54. The van der Waals surface area contributed by atoms with Crippen molar-refractivity contribution in [2.75, 3.05) is 192 Å². The summed E-state index contributed by atoms with van der Waals surface area (Å²) in [6.45, 7) is 17.8. The third kappa shape index (κ3) is 55.4. The molecule has 350 valence electrons. The molecule has 0 saturated heterocycles. The maximum atomic E-state index is 5.69. The highest BCUT2D eigenvalue weighted by Crippen LogP contribution is 2.13. The van der Waals surface area contributed by atoms with Gasteiger partial charge in [0.05, 0.1) is 165 Å². The Hall–Kier alpha value is -0.560. The zero-order valence-corrected chi connectivity index (χ0v) is 37.7. The quantitative estimate of drug-likeness (QED) is 0.0642. The number of hydrogen-bond donors (Lipinski definition) is 0. The molecule has 0 bridgehead atoms. The number of likely N-dealkylation sites (N-methyl/N-ethyl adjacent to an activating group) is 1. The monoisotopic (exact) mass is 842 g/mol. The van der Waals surface area contributed by atoms with Crippen molar-refractivity contribution >= 4 is 0 Å². The molecule has 0 rings (SSSR count). The van der Waals surface area contributed by atoms with E-state index in [2.05, 4.69) is 11.8 Å². The summed E-state index contributed by atoms with van der Waals surface area (Å²) in [4.78, 5) is 2.09. The van der Waals surface area contributed by atoms with Gasteiger partial charge in [0.15, 0.2) is 0 Å². The Morgan fingerprint density at radius 1 is 0.207 bits per heavy atom. The molecule has 14 heteroatoms. The summed E-state index contributed by atoms with van der Waals surface area (Å²) < 4.78 is 71.8. The molecular formula is C44H91NO13. The van der Waals surface area contributed by atoms with Gasteiger partial charge >= 0.3 is 0 Å². The molecule has 0 aromatic heterocycles. The molecule has 0 atom stereocenters. The first kappa shape index (κ1) is 57.4. The minimum atomic E-state index is 0.515. The molecule has 0 aliphatic heterocycles. The third-order valence-corrected chi connectivity index (χ3v) is 8.79. The van der Waals surface area contributed by atoms with Crippen LogP contribution in [0.4, 0.5) is 0 Å². The van der Waals surface area contributed by atoms with E-state index in [9.17, 15) is 0 Å². The van der Waals surface area contributed by atoms with E-state index in [0.29, 0.717) is 159 Å². The molecule has 58 heavy (non-hydrogen) atoms. The molecule has 0 unspecified atom stereocenters. The predicted molar refractivity (Wildman–Crippen MR) is 230 cm³/mol. The number of unbranched alkanes of at least 4 members (excludes halogenated alkanes) is 13. The largest absolute Gasteiger partial charge is 0.379 e. The van der Waals surface area contributed by atoms with E-state index in [1.165, 1.54) is 83.5 Å². The SMILES string of the molecule is CCCCCCCCCCCCCCCCOCCOCCOCCOCCOCCOCCOCCOCCOCCOCCOCCOCCOCCN(C)C. The van der Waals surface area contributed by atoms with Crippen LogP contribution in [-0.4, -0.2) is 197 Å². The highest BCUT2D eigenvalue weighted by Gasteiger charge is 1.99. The highest BCUT2D eigenvalue weighted by atomic mass is 16.6. The van der Waals surface area contributed by atoms with Crippen LogP contribution < -0.4 is 0 Å². The molecule has 0 aromatic rings. The lowest BCUT2D eigenvalue weighted by Gasteiger charge is -2.10. The molecule has 0 heterocycles. The standard InChI is InChI=1S/C44H91NO13/c1-4-5-6-7-8-9-10-11-12-13-14-15-16-17-19-46-21-23-48-25-27-50-29-31-52-33-35-54-37-39-56-41-43-58-44-42-57-40-38-55-36-34-53-32-30-51-28-26-49-24-22-47-20-18-45(2)3/h4-44H2,1-3H3. The van der Waals surface area contributed by atoms with E-state index in [1.807, 2.05) is 14.1 Å². The summed E-state index contributed by atoms with van der Waals surface area (Å²) in [5, 5.41) is 0. The fourth-order valence-corrected chi connectivity index (χ4v) is 5.39. The van der Waals surface area contributed by atoms with Crippen LogP contribution in [0.3, 0.4) is 0 Å². The lowest BCUT2D eigenvalue weighted by atomic mass is 10.0. The average Bonchev–Trinajstić information content (AvgIpc) is 3.22. The molecular weight excluding hydrogens is 750 g/mol. The summed E-state index contributed by atoms with van der Waals surface area (Å²) in [6.07, 6.45) is 19.2. The number of ether oxygens (including phenoxy) is 13. The Morgan fingerprint density at radius 3 is 0.586 bits per heavy atom. The highest BCUT2D eigenvalue weighted by molar-refractivity contribution is 4.50. The van der Waals surface area contributed by atoms with Crippen molar-refractivity contribution in [2.45, 2.75) is 96.8 Å². The van der Waals surface area contributed by atoms with Crippen molar-refractivity contribution in [3.63, 3.8) is 0 Å². The topological polar surface area (TPSA) is 123 Å². The molecule has 0 saturated carbocycles. The second-order valence-electron chi connectivity index (χ2n) is 14.4. The first-order valence-corrected chi connectivity index (χ1v) is 22.9. The molecule has 0 aromatic carbocycles. The van der Waals surface area contributed by atoms with Gasteiger partial charge in [-0.25, -0.2) is 0 Å². The average molecular weight is 842 g/mol. The van der Waals surface area contributed by atoms with Gasteiger partial charge in [-0.15, -0.1) is 0 Å². The third-order valence-electron chi connectivity index (χ3n) is 8.79. The van der Waals surface area contributed by atoms with E-state index in [0.717, 1.165) is 26.2 Å². The van der Waals surface area contributed by atoms with Crippen molar-refractivity contribution in [3.05, 3.63) is 0 Å². The predicted octanol–water partition coefficient (Wildman–Crippen LogP) is 6.25. The van der Waals surface area contributed by atoms with Crippen LogP contribution in [0.2, 0.25) is 0 Å². The van der Waals surface area contributed by atoms with Gasteiger partial charge in [0, 0.05) is 13.2 Å². The molecule has 0 radical (unpaired) electrons. The normalized spacial score (nSPS) is 11.8. The Bertz CT molecular complexity index is 714. The summed E-state index contributed by atoms with van der Waals surface area (Å²) in [5.41, 5.74) is 0. The minimum Gasteiger partial charge on any atom is -0.379 e. The van der Waals surface area contributed by atoms with Gasteiger partial charge in [0.1, 0.15) is 0 Å². The van der Waals surface area contributed by atoms with Gasteiger partial charge in [0.25, 0.3) is 0 Å². The summed E-state index contributed by atoms with van der Waals surface area (Å²) in [6, 6.07) is 0. The Balaban J connectivity index is 3.06. The summed E-state index contributed by atoms with van der Waals surface area (Å²) >= 11 is 0. The number of hydrogen-bond acceptors (Lipinski definition) is 14. The lowest BCUT2D eigenvalue weighted by Crippen LogP contribution is -2.19. The second kappa shape index (κ2) is 54.5. The van der Waals surface area contributed by atoms with Crippen molar-refractivity contribution in [2.24, 2.45) is 0 Å². The van der Waals surface area contributed by atoms with E-state index < -0.39 is 0 Å². The van der Waals surface area contributed by atoms with E-state index >= 15 is 0 Å². The smallest absolute Gasteiger partial charge is 0.0701 e. The van der Waals surface area contributed by atoms with Gasteiger partial charge < -0.3 is 66.5 Å². The summed E-state index contributed by atoms with van der Waals surface area (Å²) in [7, 11) is 4.05. The van der Waals surface area contributed by atoms with Crippen LogP contribution in [0.1, 0.15) is 96.8 Å². The van der Waals surface area contributed by atoms with Crippen LogP contribution in [0.15, 0.2) is 0 Å². The van der Waals surface area contributed by atoms with Gasteiger partial charge in [-0.3, -0.25) is 0 Å². The zero-order chi connectivity index (χ0) is 41.8. The molecule has 0 N–H and O–H groups in total. The lowest BCUT2D eigenvalue weighted by molar-refractivity contribution is -0.0291. The van der Waals surface area contributed by atoms with Crippen LogP contribution in [0.25, 0.3) is 0 Å². The van der Waals surface area contributed by atoms with Crippen molar-refractivity contribution in [1.82, 2.24) is 4.90 Å². The maximum Gasteiger partial charge on any atom is 0.0701 e. The summed E-state index contributed by atoms with van der Waals surface area (Å²) in [5.74, 6) is 0. The molecule has 0 aliphatic rings. The van der Waals surface area contributed by atoms with Crippen LogP contribution in [0, 0.1) is 0 Å². The Morgan fingerprint density at radius 2 is 0.379 bits per heavy atom. The first-order chi connectivity index (χ1) is 28.8. The second-order valence-corrected chi connectivity index (χ2v) is 14.4. The zero-order valence-electron chi connectivity index (χ0n) is 37.7. The molecule has 0 amide bonds. The Labute approximate surface area is 355 Å². The van der Waals surface area contributed by atoms with Gasteiger partial charge in [-0.05, 0) is 20.5 Å². The van der Waals surface area contributed by atoms with E-state index in [-0.39, 0.29) is 0 Å². The maximum absolute atomic E-state index is 5.69. The fourth-order valence-electron chi connectivity index (χ4n) is 5.39. The van der Waals surface area contributed by atoms with Crippen LogP contribution in [0.5, 0.6) is 0 Å². The van der Waals surface area contributed by atoms with E-state index in [1.54, 1.807) is 0 Å².